The second-order valence-electron chi connectivity index (χ2n) is 2.89. The number of hydrogen-bond donors (Lipinski definition) is 1. The first kappa shape index (κ1) is 8.80. The number of nitroso groups, excluding NO2 is 1. The smallest absolute Gasteiger partial charge is 0.159 e. The van der Waals surface area contributed by atoms with E-state index in [2.05, 4.69) is 5.18 Å². The van der Waals surface area contributed by atoms with Crippen molar-refractivity contribution in [2.75, 3.05) is 6.54 Å². The summed E-state index contributed by atoms with van der Waals surface area (Å²) < 4.78 is 19.1. The van der Waals surface area contributed by atoms with Crippen LogP contribution in [0.5, 0.6) is 0 Å². The van der Waals surface area contributed by atoms with E-state index in [9.17, 15) is 9.12 Å². The first-order chi connectivity index (χ1) is 5.21. The lowest BCUT2D eigenvalue weighted by Crippen LogP contribution is -2.15. The Morgan fingerprint density at radius 2 is 2.18 bits per heavy atom. The van der Waals surface area contributed by atoms with Crippen LogP contribution in [0.4, 0.5) is 0 Å². The maximum atomic E-state index is 10.7. The average Bonchev–Trinajstić information content (AvgIpc) is 2.70. The van der Waals surface area contributed by atoms with Crippen LogP contribution in [0.2, 0.25) is 0 Å². The Kier molecular flexibility index (Phi) is 2.72. The molecule has 0 radical (unpaired) electrons. The second-order valence-corrected chi connectivity index (χ2v) is 4.25. The molecule has 1 rings (SSSR count). The van der Waals surface area contributed by atoms with E-state index in [4.69, 9.17) is 4.55 Å². The van der Waals surface area contributed by atoms with E-state index in [0.29, 0.717) is 12.8 Å². The van der Waals surface area contributed by atoms with Crippen molar-refractivity contribution in [1.82, 2.24) is 0 Å². The van der Waals surface area contributed by atoms with Crippen molar-refractivity contribution in [3.05, 3.63) is 4.91 Å². The van der Waals surface area contributed by atoms with Crippen molar-refractivity contribution in [1.29, 1.82) is 0 Å². The lowest BCUT2D eigenvalue weighted by atomic mass is 10.2. The summed E-state index contributed by atoms with van der Waals surface area (Å²) in [6, 6.07) is 0. The molecule has 1 N–H and O–H groups in total. The van der Waals surface area contributed by atoms with Crippen molar-refractivity contribution >= 4 is 11.1 Å². The van der Waals surface area contributed by atoms with E-state index < -0.39 is 11.1 Å². The number of hydrogen-bond acceptors (Lipinski definition) is 3. The molecule has 1 unspecified atom stereocenters. The van der Waals surface area contributed by atoms with E-state index in [-0.39, 0.29) is 11.3 Å². The van der Waals surface area contributed by atoms with Gasteiger partial charge in [0, 0.05) is 0 Å². The Morgan fingerprint density at radius 3 is 2.55 bits per heavy atom. The van der Waals surface area contributed by atoms with E-state index >= 15 is 0 Å². The molecule has 1 saturated carbocycles. The fourth-order valence-electron chi connectivity index (χ4n) is 1.12. The second kappa shape index (κ2) is 3.40. The lowest BCUT2D eigenvalue weighted by Gasteiger charge is -2.07. The molecule has 0 amide bonds. The summed E-state index contributed by atoms with van der Waals surface area (Å²) in [7, 11) is 0. The Hall–Kier alpha value is -0.290. The third-order valence-corrected chi connectivity index (χ3v) is 3.41. The normalized spacial score (nSPS) is 22.6. The van der Waals surface area contributed by atoms with Gasteiger partial charge in [-0.1, -0.05) is 5.18 Å². The fourth-order valence-corrected chi connectivity index (χ4v) is 1.89. The maximum absolute atomic E-state index is 10.7. The van der Waals surface area contributed by atoms with E-state index in [0.717, 1.165) is 12.8 Å². The molecule has 0 aromatic carbocycles. The SMILES string of the molecule is O=NCCCC1(S(=O)O)CC1. The van der Waals surface area contributed by atoms with Gasteiger partial charge >= 0.3 is 0 Å². The van der Waals surface area contributed by atoms with Crippen LogP contribution in [0.25, 0.3) is 0 Å². The van der Waals surface area contributed by atoms with Crippen LogP contribution in [0.3, 0.4) is 0 Å². The van der Waals surface area contributed by atoms with Gasteiger partial charge in [0.25, 0.3) is 0 Å². The van der Waals surface area contributed by atoms with Crippen LogP contribution in [-0.2, 0) is 11.1 Å². The minimum absolute atomic E-state index is 0.263. The van der Waals surface area contributed by atoms with Crippen molar-refractivity contribution in [3.63, 3.8) is 0 Å². The molecule has 0 bridgehead atoms. The molecular weight excluding hydrogens is 166 g/mol. The Labute approximate surface area is 67.6 Å². The summed E-state index contributed by atoms with van der Waals surface area (Å²) >= 11 is -1.71. The minimum atomic E-state index is -1.71. The predicted molar refractivity (Wildman–Crippen MR) is 42.6 cm³/mol. The van der Waals surface area contributed by atoms with Gasteiger partial charge in [-0.05, 0) is 25.7 Å². The van der Waals surface area contributed by atoms with Gasteiger partial charge in [-0.3, -0.25) is 0 Å². The highest BCUT2D eigenvalue weighted by Gasteiger charge is 2.47. The van der Waals surface area contributed by atoms with Crippen molar-refractivity contribution in [2.24, 2.45) is 5.18 Å². The summed E-state index contributed by atoms with van der Waals surface area (Å²) in [5, 5.41) is 2.70. The standard InChI is InChI=1S/C6H11NO3S/c8-7-5-1-2-6(3-4-6)11(9)10/h1-5H2,(H,9,10). The first-order valence-corrected chi connectivity index (χ1v) is 4.72. The Bertz CT molecular complexity index is 179. The molecule has 0 heterocycles. The van der Waals surface area contributed by atoms with Gasteiger partial charge in [-0.25, -0.2) is 4.21 Å². The molecule has 0 aliphatic heterocycles. The maximum Gasteiger partial charge on any atom is 0.159 e. The highest BCUT2D eigenvalue weighted by Crippen LogP contribution is 2.44. The largest absolute Gasteiger partial charge is 0.306 e. The third-order valence-electron chi connectivity index (χ3n) is 2.06. The summed E-state index contributed by atoms with van der Waals surface area (Å²) in [5.41, 5.74) is 0. The predicted octanol–water partition coefficient (Wildman–Crippen LogP) is 1.29. The molecule has 64 valence electrons. The monoisotopic (exact) mass is 177 g/mol. The molecule has 4 nitrogen and oxygen atoms in total. The molecule has 0 spiro atoms. The van der Waals surface area contributed by atoms with Crippen LogP contribution in [0, 0.1) is 4.91 Å². The number of nitrogens with zero attached hydrogens (tertiary/aromatic N) is 1. The molecule has 1 aliphatic carbocycles. The minimum Gasteiger partial charge on any atom is -0.306 e. The van der Waals surface area contributed by atoms with Crippen LogP contribution < -0.4 is 0 Å². The summed E-state index contributed by atoms with van der Waals surface area (Å²) in [6.45, 7) is 0.263. The van der Waals surface area contributed by atoms with Gasteiger partial charge < -0.3 is 4.55 Å². The summed E-state index contributed by atoms with van der Waals surface area (Å²) in [4.78, 5) is 9.69. The lowest BCUT2D eigenvalue weighted by molar-refractivity contribution is 0.532. The molecule has 5 heteroatoms. The highest BCUT2D eigenvalue weighted by molar-refractivity contribution is 7.81. The van der Waals surface area contributed by atoms with Crippen LogP contribution in [0.1, 0.15) is 25.7 Å². The van der Waals surface area contributed by atoms with Gasteiger partial charge in [0.1, 0.15) is 0 Å². The summed E-state index contributed by atoms with van der Waals surface area (Å²) in [5.74, 6) is 0. The first-order valence-electron chi connectivity index (χ1n) is 3.61. The van der Waals surface area contributed by atoms with Crippen LogP contribution in [-0.4, -0.2) is 20.1 Å². The van der Waals surface area contributed by atoms with Crippen LogP contribution >= 0.6 is 0 Å². The van der Waals surface area contributed by atoms with Gasteiger partial charge in [-0.2, -0.15) is 4.91 Å². The van der Waals surface area contributed by atoms with Gasteiger partial charge in [0.2, 0.25) is 0 Å². The van der Waals surface area contributed by atoms with Gasteiger partial charge in [-0.15, -0.1) is 0 Å². The topological polar surface area (TPSA) is 66.7 Å². The van der Waals surface area contributed by atoms with E-state index in [1.165, 1.54) is 0 Å². The quantitative estimate of drug-likeness (QED) is 0.391. The Morgan fingerprint density at radius 1 is 1.55 bits per heavy atom. The molecule has 0 aromatic heterocycles. The average molecular weight is 177 g/mol. The molecule has 0 saturated heterocycles. The molecule has 1 aliphatic rings. The fraction of sp³-hybridized carbons (Fsp3) is 1.00. The number of rotatable bonds is 5. The summed E-state index contributed by atoms with van der Waals surface area (Å²) in [6.07, 6.45) is 2.92. The molecule has 0 aromatic rings. The Balaban J connectivity index is 2.25. The zero-order chi connectivity index (χ0) is 8.32. The molecule has 1 atom stereocenters. The highest BCUT2D eigenvalue weighted by atomic mass is 32.2. The zero-order valence-corrected chi connectivity index (χ0v) is 6.97. The third kappa shape index (κ3) is 2.07. The van der Waals surface area contributed by atoms with Gasteiger partial charge in [0.05, 0.1) is 11.3 Å². The van der Waals surface area contributed by atoms with Crippen molar-refractivity contribution in [3.8, 4) is 0 Å². The van der Waals surface area contributed by atoms with Crippen LogP contribution in [0.15, 0.2) is 5.18 Å². The van der Waals surface area contributed by atoms with Gasteiger partial charge in [0.15, 0.2) is 11.1 Å². The molecule has 11 heavy (non-hydrogen) atoms. The van der Waals surface area contributed by atoms with Crippen molar-refractivity contribution < 1.29 is 8.76 Å². The zero-order valence-electron chi connectivity index (χ0n) is 6.15. The molecular formula is C6H11NO3S. The molecule has 1 fully saturated rings. The van der Waals surface area contributed by atoms with E-state index in [1.807, 2.05) is 0 Å². The van der Waals surface area contributed by atoms with Crippen molar-refractivity contribution in [2.45, 2.75) is 30.4 Å². The van der Waals surface area contributed by atoms with E-state index in [1.54, 1.807) is 0 Å².